The standard InChI is InChI=1S/C22H23BrN2O2/c1-3-18-20(27-15(2)24-18)22(23)19(17-12-8-5-9-13-17)25(21(22)26)14-16-10-6-4-7-11-16/h4-13,18-20H,3,14H2,1-2H3/t18-,19+,20-,22+/m1/s1. The minimum atomic E-state index is -0.801. The second-order valence-corrected chi connectivity index (χ2v) is 8.47. The molecule has 2 aromatic rings. The van der Waals surface area contributed by atoms with Crippen LogP contribution >= 0.6 is 15.9 Å². The monoisotopic (exact) mass is 426 g/mol. The lowest BCUT2D eigenvalue weighted by molar-refractivity contribution is -0.159. The van der Waals surface area contributed by atoms with Gasteiger partial charge in [-0.15, -0.1) is 0 Å². The van der Waals surface area contributed by atoms with E-state index in [0.29, 0.717) is 12.4 Å². The van der Waals surface area contributed by atoms with Crippen LogP contribution in [0.5, 0.6) is 0 Å². The quantitative estimate of drug-likeness (QED) is 0.521. The number of amides is 1. The number of aliphatic imine (C=N–C) groups is 1. The van der Waals surface area contributed by atoms with Crippen LogP contribution in [0.4, 0.5) is 0 Å². The molecule has 1 fully saturated rings. The number of alkyl halides is 1. The molecule has 0 spiro atoms. The van der Waals surface area contributed by atoms with E-state index in [1.807, 2.05) is 48.2 Å². The van der Waals surface area contributed by atoms with Crippen LogP contribution in [-0.4, -0.2) is 33.2 Å². The van der Waals surface area contributed by atoms with Crippen molar-refractivity contribution in [2.45, 2.75) is 49.3 Å². The molecule has 4 rings (SSSR count). The third-order valence-electron chi connectivity index (χ3n) is 5.44. The van der Waals surface area contributed by atoms with Crippen LogP contribution in [0.15, 0.2) is 65.7 Å². The van der Waals surface area contributed by atoms with Crippen molar-refractivity contribution in [1.82, 2.24) is 4.90 Å². The van der Waals surface area contributed by atoms with E-state index in [2.05, 4.69) is 52.1 Å². The molecule has 2 aromatic carbocycles. The number of likely N-dealkylation sites (tertiary alicyclic amines) is 1. The van der Waals surface area contributed by atoms with Gasteiger partial charge in [-0.2, -0.15) is 0 Å². The average molecular weight is 427 g/mol. The van der Waals surface area contributed by atoms with Crippen LogP contribution in [0.2, 0.25) is 0 Å². The molecular weight excluding hydrogens is 404 g/mol. The minimum absolute atomic E-state index is 0.0154. The number of hydrogen-bond donors (Lipinski definition) is 0. The average Bonchev–Trinajstić information content (AvgIpc) is 3.09. The van der Waals surface area contributed by atoms with Crippen LogP contribution in [0.3, 0.4) is 0 Å². The van der Waals surface area contributed by atoms with E-state index < -0.39 is 4.32 Å². The highest BCUT2D eigenvalue weighted by Crippen LogP contribution is 2.54. The van der Waals surface area contributed by atoms with Gasteiger partial charge in [0.2, 0.25) is 5.91 Å². The first kappa shape index (κ1) is 18.2. The molecule has 4 nitrogen and oxygen atoms in total. The SMILES string of the molecule is CC[C@H]1N=C(C)O[C@H]1[C@]1(Br)C(=O)N(Cc2ccccc2)[C@H]1c1ccccc1. The highest BCUT2D eigenvalue weighted by molar-refractivity contribution is 9.10. The number of β-lactam (4-membered cyclic amide) rings is 1. The molecule has 0 aromatic heterocycles. The molecule has 2 aliphatic rings. The summed E-state index contributed by atoms with van der Waals surface area (Å²) >= 11 is 3.84. The number of benzene rings is 2. The molecule has 0 unspecified atom stereocenters. The zero-order valence-electron chi connectivity index (χ0n) is 15.5. The van der Waals surface area contributed by atoms with Gasteiger partial charge in [-0.3, -0.25) is 4.79 Å². The van der Waals surface area contributed by atoms with Gasteiger partial charge < -0.3 is 9.64 Å². The van der Waals surface area contributed by atoms with E-state index in [0.717, 1.165) is 17.5 Å². The smallest absolute Gasteiger partial charge is 0.246 e. The lowest BCUT2D eigenvalue weighted by Crippen LogP contribution is -2.71. The van der Waals surface area contributed by atoms with Gasteiger partial charge in [0.15, 0.2) is 10.2 Å². The van der Waals surface area contributed by atoms with Gasteiger partial charge in [-0.05, 0) is 17.5 Å². The fraction of sp³-hybridized carbons (Fsp3) is 0.364. The van der Waals surface area contributed by atoms with Crippen molar-refractivity contribution in [2.75, 3.05) is 0 Å². The van der Waals surface area contributed by atoms with Crippen molar-refractivity contribution < 1.29 is 9.53 Å². The molecule has 1 saturated heterocycles. The third-order valence-corrected chi connectivity index (χ3v) is 6.66. The molecule has 2 heterocycles. The molecule has 0 radical (unpaired) electrons. The number of nitrogens with zero attached hydrogens (tertiary/aromatic N) is 2. The highest BCUT2D eigenvalue weighted by Gasteiger charge is 2.67. The maximum Gasteiger partial charge on any atom is 0.246 e. The molecule has 0 aliphatic carbocycles. The maximum atomic E-state index is 13.4. The van der Waals surface area contributed by atoms with E-state index in [1.165, 1.54) is 0 Å². The summed E-state index contributed by atoms with van der Waals surface area (Å²) in [6, 6.07) is 20.2. The van der Waals surface area contributed by atoms with E-state index in [4.69, 9.17) is 4.74 Å². The van der Waals surface area contributed by atoms with Gasteiger partial charge >= 0.3 is 0 Å². The van der Waals surface area contributed by atoms with Crippen LogP contribution in [0.25, 0.3) is 0 Å². The van der Waals surface area contributed by atoms with Crippen LogP contribution < -0.4 is 0 Å². The van der Waals surface area contributed by atoms with Gasteiger partial charge in [-0.1, -0.05) is 83.5 Å². The van der Waals surface area contributed by atoms with Crippen molar-refractivity contribution in [3.05, 3.63) is 71.8 Å². The van der Waals surface area contributed by atoms with Crippen LogP contribution in [0, 0.1) is 0 Å². The summed E-state index contributed by atoms with van der Waals surface area (Å²) in [5, 5.41) is 0. The van der Waals surface area contributed by atoms with Gasteiger partial charge in [0.1, 0.15) is 6.10 Å². The van der Waals surface area contributed by atoms with Gasteiger partial charge in [0.05, 0.1) is 12.1 Å². The molecular formula is C22H23BrN2O2. The topological polar surface area (TPSA) is 41.9 Å². The Kier molecular flexibility index (Phi) is 4.81. The zero-order chi connectivity index (χ0) is 19.0. The van der Waals surface area contributed by atoms with E-state index in [9.17, 15) is 4.79 Å². The molecule has 1 amide bonds. The third kappa shape index (κ3) is 2.98. The summed E-state index contributed by atoms with van der Waals surface area (Å²) in [6.45, 7) is 4.53. The molecule has 0 saturated carbocycles. The molecule has 0 N–H and O–H groups in total. The van der Waals surface area contributed by atoms with Crippen LogP contribution in [-0.2, 0) is 16.1 Å². The second kappa shape index (κ2) is 7.12. The predicted octanol–water partition coefficient (Wildman–Crippen LogP) is 4.50. The van der Waals surface area contributed by atoms with Crippen molar-refractivity contribution in [1.29, 1.82) is 0 Å². The number of carbonyl (C=O) groups excluding carboxylic acids is 1. The van der Waals surface area contributed by atoms with E-state index in [-0.39, 0.29) is 24.1 Å². The van der Waals surface area contributed by atoms with Gasteiger partial charge in [0.25, 0.3) is 0 Å². The first-order valence-electron chi connectivity index (χ1n) is 9.35. The van der Waals surface area contributed by atoms with Crippen LogP contribution in [0.1, 0.15) is 37.4 Å². The summed E-state index contributed by atoms with van der Waals surface area (Å²) < 4.78 is 5.25. The maximum absolute atomic E-state index is 13.4. The van der Waals surface area contributed by atoms with Crippen molar-refractivity contribution in [3.63, 3.8) is 0 Å². The predicted molar refractivity (Wildman–Crippen MR) is 110 cm³/mol. The first-order chi connectivity index (χ1) is 13.1. The fourth-order valence-corrected chi connectivity index (χ4v) is 5.30. The number of hydrogen-bond acceptors (Lipinski definition) is 3. The summed E-state index contributed by atoms with van der Waals surface area (Å²) in [5.74, 6) is 0.723. The Morgan fingerprint density at radius 3 is 2.37 bits per heavy atom. The Bertz CT molecular complexity index is 855. The Labute approximate surface area is 168 Å². The molecule has 2 aliphatic heterocycles. The fourth-order valence-electron chi connectivity index (χ4n) is 4.16. The molecule has 5 heteroatoms. The Hall–Kier alpha value is -2.14. The van der Waals surface area contributed by atoms with Crippen molar-refractivity contribution >= 4 is 27.7 Å². The van der Waals surface area contributed by atoms with Crippen molar-refractivity contribution in [3.8, 4) is 0 Å². The highest BCUT2D eigenvalue weighted by atomic mass is 79.9. The molecule has 140 valence electrons. The summed E-state index contributed by atoms with van der Waals surface area (Å²) in [7, 11) is 0. The lowest BCUT2D eigenvalue weighted by Gasteiger charge is -2.55. The summed E-state index contributed by atoms with van der Waals surface area (Å²) in [4.78, 5) is 19.9. The van der Waals surface area contributed by atoms with E-state index >= 15 is 0 Å². The molecule has 4 atom stereocenters. The molecule has 27 heavy (non-hydrogen) atoms. The number of halogens is 1. The second-order valence-electron chi connectivity index (χ2n) is 7.16. The number of rotatable bonds is 5. The number of carbonyl (C=O) groups is 1. The summed E-state index contributed by atoms with van der Waals surface area (Å²) in [6.07, 6.45) is 0.537. The largest absolute Gasteiger partial charge is 0.474 e. The van der Waals surface area contributed by atoms with Gasteiger partial charge in [-0.25, -0.2) is 4.99 Å². The van der Waals surface area contributed by atoms with Crippen molar-refractivity contribution in [2.24, 2.45) is 4.99 Å². The lowest BCUT2D eigenvalue weighted by atomic mass is 9.75. The Morgan fingerprint density at radius 2 is 1.74 bits per heavy atom. The van der Waals surface area contributed by atoms with Gasteiger partial charge in [0, 0.05) is 13.5 Å². The number of ether oxygens (including phenoxy) is 1. The first-order valence-corrected chi connectivity index (χ1v) is 10.1. The van der Waals surface area contributed by atoms with E-state index in [1.54, 1.807) is 0 Å². The molecule has 0 bridgehead atoms. The zero-order valence-corrected chi connectivity index (χ0v) is 17.1. The Balaban J connectivity index is 1.70. The Morgan fingerprint density at radius 1 is 1.11 bits per heavy atom. The minimum Gasteiger partial charge on any atom is -0.474 e. The summed E-state index contributed by atoms with van der Waals surface area (Å²) in [5.41, 5.74) is 2.22. The normalized spacial score (nSPS) is 29.9.